The molecule has 0 saturated carbocycles. The predicted octanol–water partition coefficient (Wildman–Crippen LogP) is 0.108. The molecule has 0 aromatic carbocycles. The summed E-state index contributed by atoms with van der Waals surface area (Å²) in [7, 11) is 0. The molecule has 0 aliphatic carbocycles. The molecule has 0 fully saturated rings. The minimum Gasteiger partial charge on any atom is -0.470 e. The molecule has 0 unspecified atom stereocenters. The van der Waals surface area contributed by atoms with Gasteiger partial charge in [-0.25, -0.2) is 0 Å². The maximum atomic E-state index is 10.5. The first kappa shape index (κ1) is 5.62. The van der Waals surface area contributed by atoms with E-state index in [9.17, 15) is 4.79 Å². The van der Waals surface area contributed by atoms with Crippen molar-refractivity contribution in [2.75, 3.05) is 6.61 Å². The van der Waals surface area contributed by atoms with Gasteiger partial charge >= 0.3 is 0 Å². The largest absolute Gasteiger partial charge is 0.470 e. The zero-order valence-electron chi connectivity index (χ0n) is 3.98. The standard InChI is InChI=1S/C4H4BrNO2/c5-3-2(7)1-8-4(3)6/h1,6H2. The third kappa shape index (κ3) is 0.709. The summed E-state index contributed by atoms with van der Waals surface area (Å²) in [6.07, 6.45) is 0. The van der Waals surface area contributed by atoms with Gasteiger partial charge in [0, 0.05) is 0 Å². The molecule has 0 atom stereocenters. The van der Waals surface area contributed by atoms with Crippen LogP contribution in [0.25, 0.3) is 0 Å². The van der Waals surface area contributed by atoms with Crippen molar-refractivity contribution >= 4 is 21.7 Å². The molecule has 1 rings (SSSR count). The Labute approximate surface area is 54.6 Å². The molecule has 0 radical (unpaired) electrons. The van der Waals surface area contributed by atoms with Gasteiger partial charge in [-0.1, -0.05) is 0 Å². The maximum Gasteiger partial charge on any atom is 0.212 e. The zero-order chi connectivity index (χ0) is 6.15. The van der Waals surface area contributed by atoms with Crippen LogP contribution in [0, 0.1) is 0 Å². The minimum atomic E-state index is -0.0949. The average Bonchev–Trinajstić information content (AvgIpc) is 1.98. The van der Waals surface area contributed by atoms with Gasteiger partial charge in [0.15, 0.2) is 6.61 Å². The number of Topliss-reactive ketones (excluding diaryl/α,β-unsaturated/α-hetero) is 1. The van der Waals surface area contributed by atoms with Crippen LogP contribution in [0.1, 0.15) is 0 Å². The average molecular weight is 178 g/mol. The van der Waals surface area contributed by atoms with Crippen molar-refractivity contribution in [1.82, 2.24) is 0 Å². The first-order chi connectivity index (χ1) is 3.72. The summed E-state index contributed by atoms with van der Waals surface area (Å²) in [6, 6.07) is 0. The van der Waals surface area contributed by atoms with Crippen LogP contribution < -0.4 is 5.73 Å². The normalized spacial score (nSPS) is 19.4. The first-order valence-electron chi connectivity index (χ1n) is 2.03. The van der Waals surface area contributed by atoms with Crippen molar-refractivity contribution in [1.29, 1.82) is 0 Å². The fraction of sp³-hybridized carbons (Fsp3) is 0.250. The molecule has 3 nitrogen and oxygen atoms in total. The van der Waals surface area contributed by atoms with Gasteiger partial charge in [0.25, 0.3) is 0 Å². The second-order valence-electron chi connectivity index (χ2n) is 1.39. The summed E-state index contributed by atoms with van der Waals surface area (Å²) in [6.45, 7) is 0.0758. The van der Waals surface area contributed by atoms with Crippen LogP contribution in [-0.2, 0) is 9.53 Å². The van der Waals surface area contributed by atoms with E-state index in [2.05, 4.69) is 20.7 Å². The van der Waals surface area contributed by atoms with Crippen molar-refractivity contribution in [3.05, 3.63) is 10.4 Å². The van der Waals surface area contributed by atoms with Gasteiger partial charge in [-0.2, -0.15) is 0 Å². The maximum absolute atomic E-state index is 10.5. The van der Waals surface area contributed by atoms with E-state index in [4.69, 9.17) is 5.73 Å². The van der Waals surface area contributed by atoms with Gasteiger partial charge in [-0.05, 0) is 15.9 Å². The van der Waals surface area contributed by atoms with Gasteiger partial charge in [-0.3, -0.25) is 4.79 Å². The molecule has 0 spiro atoms. The molecule has 4 heteroatoms. The van der Waals surface area contributed by atoms with Crippen molar-refractivity contribution in [3.8, 4) is 0 Å². The highest BCUT2D eigenvalue weighted by Crippen LogP contribution is 2.16. The molecule has 0 bridgehead atoms. The lowest BCUT2D eigenvalue weighted by Crippen LogP contribution is -1.96. The van der Waals surface area contributed by atoms with Crippen LogP contribution in [-0.4, -0.2) is 12.4 Å². The van der Waals surface area contributed by atoms with Crippen molar-refractivity contribution < 1.29 is 9.53 Å². The van der Waals surface area contributed by atoms with Gasteiger partial charge < -0.3 is 10.5 Å². The van der Waals surface area contributed by atoms with Gasteiger partial charge in [0.05, 0.1) is 0 Å². The predicted molar refractivity (Wildman–Crippen MR) is 31.1 cm³/mol. The van der Waals surface area contributed by atoms with Gasteiger partial charge in [0.1, 0.15) is 4.48 Å². The van der Waals surface area contributed by atoms with Gasteiger partial charge in [0.2, 0.25) is 11.7 Å². The van der Waals surface area contributed by atoms with E-state index in [0.29, 0.717) is 4.48 Å². The fourth-order valence-electron chi connectivity index (χ4n) is 0.407. The minimum absolute atomic E-state index is 0.0758. The van der Waals surface area contributed by atoms with Crippen LogP contribution >= 0.6 is 15.9 Å². The number of halogens is 1. The Morgan fingerprint density at radius 2 is 2.38 bits per heavy atom. The number of ketones is 1. The topological polar surface area (TPSA) is 52.3 Å². The zero-order valence-corrected chi connectivity index (χ0v) is 5.56. The van der Waals surface area contributed by atoms with Crippen molar-refractivity contribution in [3.63, 3.8) is 0 Å². The molecule has 1 aliphatic rings. The van der Waals surface area contributed by atoms with Crippen LogP contribution in [0.5, 0.6) is 0 Å². The summed E-state index contributed by atoms with van der Waals surface area (Å²) in [5, 5.41) is 0. The molecular formula is C4H4BrNO2. The summed E-state index contributed by atoms with van der Waals surface area (Å²) >= 11 is 2.95. The molecule has 0 amide bonds. The van der Waals surface area contributed by atoms with Crippen LogP contribution in [0.3, 0.4) is 0 Å². The van der Waals surface area contributed by atoms with E-state index >= 15 is 0 Å². The Balaban J connectivity index is 2.86. The number of nitrogens with two attached hydrogens (primary N) is 1. The SMILES string of the molecule is NC1=C(Br)C(=O)CO1. The Kier molecular flexibility index (Phi) is 1.25. The van der Waals surface area contributed by atoms with Crippen LogP contribution in [0.2, 0.25) is 0 Å². The summed E-state index contributed by atoms with van der Waals surface area (Å²) in [4.78, 5) is 10.5. The second-order valence-corrected chi connectivity index (χ2v) is 2.18. The summed E-state index contributed by atoms with van der Waals surface area (Å²) in [5.74, 6) is 0.0949. The molecule has 0 aromatic heterocycles. The molecule has 44 valence electrons. The molecule has 8 heavy (non-hydrogen) atoms. The highest BCUT2D eigenvalue weighted by Gasteiger charge is 2.19. The van der Waals surface area contributed by atoms with E-state index < -0.39 is 0 Å². The molecule has 1 aliphatic heterocycles. The molecule has 2 N–H and O–H groups in total. The number of hydrogen-bond acceptors (Lipinski definition) is 3. The van der Waals surface area contributed by atoms with E-state index in [1.165, 1.54) is 0 Å². The van der Waals surface area contributed by atoms with Gasteiger partial charge in [-0.15, -0.1) is 0 Å². The monoisotopic (exact) mass is 177 g/mol. The fourth-order valence-corrected chi connectivity index (χ4v) is 0.636. The van der Waals surface area contributed by atoms with E-state index in [-0.39, 0.29) is 18.3 Å². The number of rotatable bonds is 0. The van der Waals surface area contributed by atoms with Crippen molar-refractivity contribution in [2.24, 2.45) is 5.73 Å². The van der Waals surface area contributed by atoms with E-state index in [0.717, 1.165) is 0 Å². The lowest BCUT2D eigenvalue weighted by Gasteiger charge is -1.88. The highest BCUT2D eigenvalue weighted by atomic mass is 79.9. The Bertz CT molecular complexity index is 163. The molecule has 0 saturated heterocycles. The van der Waals surface area contributed by atoms with Crippen LogP contribution in [0.4, 0.5) is 0 Å². The second kappa shape index (κ2) is 1.78. The number of ether oxygens (including phenoxy) is 1. The number of carbonyl (C=O) groups is 1. The Hall–Kier alpha value is -0.510. The third-order valence-electron chi connectivity index (χ3n) is 0.820. The van der Waals surface area contributed by atoms with E-state index in [1.807, 2.05) is 0 Å². The molecule has 1 heterocycles. The lowest BCUT2D eigenvalue weighted by atomic mass is 10.4. The quantitative estimate of drug-likeness (QED) is 0.572. The Morgan fingerprint density at radius 1 is 1.75 bits per heavy atom. The highest BCUT2D eigenvalue weighted by molar-refractivity contribution is 9.12. The summed E-state index contributed by atoms with van der Waals surface area (Å²) in [5.41, 5.74) is 5.16. The van der Waals surface area contributed by atoms with Crippen molar-refractivity contribution in [2.45, 2.75) is 0 Å². The third-order valence-corrected chi connectivity index (χ3v) is 1.65. The number of carbonyl (C=O) groups excluding carboxylic acids is 1. The summed E-state index contributed by atoms with van der Waals surface area (Å²) < 4.78 is 5.00. The molecule has 0 aromatic rings. The lowest BCUT2D eigenvalue weighted by molar-refractivity contribution is -0.116. The molecular weight excluding hydrogens is 174 g/mol. The van der Waals surface area contributed by atoms with Crippen LogP contribution in [0.15, 0.2) is 10.4 Å². The Morgan fingerprint density at radius 3 is 2.50 bits per heavy atom. The smallest absolute Gasteiger partial charge is 0.212 e. The first-order valence-corrected chi connectivity index (χ1v) is 2.82. The van der Waals surface area contributed by atoms with E-state index in [1.54, 1.807) is 0 Å². The number of hydrogen-bond donors (Lipinski definition) is 1.